The van der Waals surface area contributed by atoms with E-state index in [0.717, 1.165) is 0 Å². The Morgan fingerprint density at radius 1 is 1.37 bits per heavy atom. The lowest BCUT2D eigenvalue weighted by molar-refractivity contribution is 0.350. The van der Waals surface area contributed by atoms with Gasteiger partial charge in [-0.25, -0.2) is 4.39 Å². The monoisotopic (exact) mass is 283 g/mol. The van der Waals surface area contributed by atoms with Crippen molar-refractivity contribution >= 4 is 11.6 Å². The number of aromatic nitrogens is 2. The molecule has 6 heteroatoms. The van der Waals surface area contributed by atoms with E-state index in [1.807, 2.05) is 13.8 Å². The number of hydrogen-bond acceptors (Lipinski definition) is 4. The van der Waals surface area contributed by atoms with Crippen molar-refractivity contribution in [2.24, 2.45) is 5.73 Å². The summed E-state index contributed by atoms with van der Waals surface area (Å²) in [7, 11) is 0. The van der Waals surface area contributed by atoms with Gasteiger partial charge >= 0.3 is 0 Å². The summed E-state index contributed by atoms with van der Waals surface area (Å²) < 4.78 is 19.0. The molecule has 0 aliphatic rings. The molecule has 0 bridgehead atoms. The highest BCUT2D eigenvalue weighted by molar-refractivity contribution is 6.31. The van der Waals surface area contributed by atoms with Crippen LogP contribution in [0.4, 0.5) is 4.39 Å². The first kappa shape index (κ1) is 14.0. The fraction of sp³-hybridized carbons (Fsp3) is 0.385. The number of nitrogens with two attached hydrogens (primary N) is 1. The zero-order chi connectivity index (χ0) is 14.0. The molecule has 2 rings (SSSR count). The van der Waals surface area contributed by atoms with Gasteiger partial charge in [0.05, 0.1) is 16.1 Å². The molecule has 102 valence electrons. The van der Waals surface area contributed by atoms with E-state index in [4.69, 9.17) is 21.9 Å². The summed E-state index contributed by atoms with van der Waals surface area (Å²) in [6.45, 7) is 3.89. The van der Waals surface area contributed by atoms with Crippen LogP contribution in [-0.4, -0.2) is 10.1 Å². The van der Waals surface area contributed by atoms with Gasteiger partial charge < -0.3 is 10.3 Å². The largest absolute Gasteiger partial charge is 0.334 e. The Bertz CT molecular complexity index is 581. The van der Waals surface area contributed by atoms with Crippen LogP contribution in [0.5, 0.6) is 0 Å². The summed E-state index contributed by atoms with van der Waals surface area (Å²) in [5, 5.41) is 3.87. The zero-order valence-electron chi connectivity index (χ0n) is 10.8. The van der Waals surface area contributed by atoms with Crippen molar-refractivity contribution < 1.29 is 8.91 Å². The van der Waals surface area contributed by atoms with Crippen molar-refractivity contribution in [3.63, 3.8) is 0 Å². The van der Waals surface area contributed by atoms with Crippen LogP contribution in [0, 0.1) is 5.82 Å². The van der Waals surface area contributed by atoms with Gasteiger partial charge in [0.1, 0.15) is 0 Å². The summed E-state index contributed by atoms with van der Waals surface area (Å²) in [5.74, 6) is -0.103. The van der Waals surface area contributed by atoms with Crippen LogP contribution in [0.25, 0.3) is 11.5 Å². The van der Waals surface area contributed by atoms with Gasteiger partial charge in [0.2, 0.25) is 0 Å². The maximum atomic E-state index is 13.9. The molecule has 19 heavy (non-hydrogen) atoms. The van der Waals surface area contributed by atoms with Crippen LogP contribution in [0.2, 0.25) is 5.02 Å². The molecule has 0 aliphatic carbocycles. The zero-order valence-corrected chi connectivity index (χ0v) is 11.5. The Hall–Kier alpha value is -1.46. The highest BCUT2D eigenvalue weighted by Crippen LogP contribution is 2.29. The van der Waals surface area contributed by atoms with Crippen LogP contribution in [0.3, 0.4) is 0 Å². The predicted octanol–water partition coefficient (Wildman–Crippen LogP) is 3.50. The quantitative estimate of drug-likeness (QED) is 0.932. The molecule has 0 spiro atoms. The molecule has 0 aliphatic heterocycles. The number of rotatable bonds is 4. The highest BCUT2D eigenvalue weighted by Gasteiger charge is 2.29. The molecule has 2 aromatic rings. The van der Waals surface area contributed by atoms with E-state index in [2.05, 4.69) is 10.1 Å². The maximum Gasteiger partial charge on any atom is 0.261 e. The molecule has 0 fully saturated rings. The third-order valence-electron chi connectivity index (χ3n) is 3.32. The lowest BCUT2D eigenvalue weighted by atomic mass is 9.93. The van der Waals surface area contributed by atoms with E-state index in [0.29, 0.717) is 18.7 Å². The molecule has 0 saturated heterocycles. The van der Waals surface area contributed by atoms with E-state index < -0.39 is 11.4 Å². The van der Waals surface area contributed by atoms with Gasteiger partial charge in [0.15, 0.2) is 11.6 Å². The molecule has 0 unspecified atom stereocenters. The van der Waals surface area contributed by atoms with Gasteiger partial charge in [0.25, 0.3) is 5.89 Å². The molecule has 0 radical (unpaired) electrons. The number of nitrogens with zero attached hydrogens (tertiary/aromatic N) is 2. The first-order chi connectivity index (χ1) is 9.01. The minimum absolute atomic E-state index is 0.0160. The van der Waals surface area contributed by atoms with Gasteiger partial charge in [-0.1, -0.05) is 36.7 Å². The lowest BCUT2D eigenvalue weighted by Gasteiger charge is -2.21. The van der Waals surface area contributed by atoms with E-state index in [9.17, 15) is 4.39 Å². The first-order valence-electron chi connectivity index (χ1n) is 6.09. The summed E-state index contributed by atoms with van der Waals surface area (Å²) in [6.07, 6.45) is 1.33. The number of hydrogen-bond donors (Lipinski definition) is 1. The van der Waals surface area contributed by atoms with E-state index in [1.165, 1.54) is 12.1 Å². The van der Waals surface area contributed by atoms with E-state index in [-0.39, 0.29) is 16.5 Å². The van der Waals surface area contributed by atoms with Gasteiger partial charge in [-0.05, 0) is 25.0 Å². The molecule has 1 aromatic heterocycles. The van der Waals surface area contributed by atoms with Gasteiger partial charge in [-0.3, -0.25) is 0 Å². The molecule has 4 nitrogen and oxygen atoms in total. The Labute approximate surface area is 115 Å². The molecule has 2 N–H and O–H groups in total. The molecular formula is C13H15ClFN3O. The van der Waals surface area contributed by atoms with Gasteiger partial charge in [-0.15, -0.1) is 0 Å². The average Bonchev–Trinajstić information content (AvgIpc) is 2.91. The second kappa shape index (κ2) is 5.27. The predicted molar refractivity (Wildman–Crippen MR) is 71.1 cm³/mol. The van der Waals surface area contributed by atoms with Crippen molar-refractivity contribution in [3.8, 4) is 11.5 Å². The highest BCUT2D eigenvalue weighted by atomic mass is 35.5. The third-order valence-corrected chi connectivity index (χ3v) is 3.61. The van der Waals surface area contributed by atoms with Gasteiger partial charge in [-0.2, -0.15) is 4.98 Å². The Kier molecular flexibility index (Phi) is 3.87. The standard InChI is InChI=1S/C13H15ClFN3O/c1-3-13(16,4-2)12-17-11(19-18-12)8-6-5-7-9(14)10(8)15/h5-7H,3-4,16H2,1-2H3. The molecule has 1 aromatic carbocycles. The second-order valence-electron chi connectivity index (χ2n) is 4.39. The minimum atomic E-state index is -0.656. The maximum absolute atomic E-state index is 13.9. The fourth-order valence-electron chi connectivity index (χ4n) is 1.77. The first-order valence-corrected chi connectivity index (χ1v) is 6.47. The lowest BCUT2D eigenvalue weighted by Crippen LogP contribution is -2.36. The van der Waals surface area contributed by atoms with Crippen LogP contribution >= 0.6 is 11.6 Å². The number of halogens is 2. The smallest absolute Gasteiger partial charge is 0.261 e. The van der Waals surface area contributed by atoms with E-state index in [1.54, 1.807) is 6.07 Å². The van der Waals surface area contributed by atoms with Gasteiger partial charge in [0, 0.05) is 0 Å². The number of benzene rings is 1. The molecule has 0 atom stereocenters. The summed E-state index contributed by atoms with van der Waals surface area (Å²) in [4.78, 5) is 4.19. The Morgan fingerprint density at radius 2 is 2.05 bits per heavy atom. The summed E-state index contributed by atoms with van der Waals surface area (Å²) in [6, 6.07) is 4.62. The SMILES string of the molecule is CCC(N)(CC)c1noc(-c2cccc(Cl)c2F)n1. The van der Waals surface area contributed by atoms with Crippen molar-refractivity contribution in [1.29, 1.82) is 0 Å². The Morgan fingerprint density at radius 3 is 2.68 bits per heavy atom. The topological polar surface area (TPSA) is 64.9 Å². The molecule has 0 amide bonds. The summed E-state index contributed by atoms with van der Waals surface area (Å²) >= 11 is 5.73. The minimum Gasteiger partial charge on any atom is -0.334 e. The Balaban J connectivity index is 2.44. The molecule has 1 heterocycles. The third kappa shape index (κ3) is 2.48. The van der Waals surface area contributed by atoms with Crippen molar-refractivity contribution in [1.82, 2.24) is 10.1 Å². The van der Waals surface area contributed by atoms with Crippen LogP contribution < -0.4 is 5.73 Å². The van der Waals surface area contributed by atoms with E-state index >= 15 is 0 Å². The molecular weight excluding hydrogens is 269 g/mol. The van der Waals surface area contributed by atoms with Crippen molar-refractivity contribution in [3.05, 3.63) is 34.9 Å². The van der Waals surface area contributed by atoms with Crippen LogP contribution in [-0.2, 0) is 5.54 Å². The average molecular weight is 284 g/mol. The van der Waals surface area contributed by atoms with Crippen LogP contribution in [0.1, 0.15) is 32.5 Å². The second-order valence-corrected chi connectivity index (χ2v) is 4.79. The summed E-state index contributed by atoms with van der Waals surface area (Å²) in [5.41, 5.74) is 5.70. The van der Waals surface area contributed by atoms with Crippen LogP contribution in [0.15, 0.2) is 22.7 Å². The molecule has 0 saturated carbocycles. The van der Waals surface area contributed by atoms with Crippen molar-refractivity contribution in [2.75, 3.05) is 0 Å². The van der Waals surface area contributed by atoms with Crippen molar-refractivity contribution in [2.45, 2.75) is 32.2 Å². The normalized spacial score (nSPS) is 11.8. The fourth-order valence-corrected chi connectivity index (χ4v) is 1.94.